The summed E-state index contributed by atoms with van der Waals surface area (Å²) in [6.07, 6.45) is 3.02. The minimum absolute atomic E-state index is 0.000810. The smallest absolute Gasteiger partial charge is 0.258 e. The average molecular weight is 416 g/mol. The van der Waals surface area contributed by atoms with Crippen molar-refractivity contribution in [3.8, 4) is 5.75 Å². The van der Waals surface area contributed by atoms with Crippen molar-refractivity contribution < 1.29 is 14.6 Å². The van der Waals surface area contributed by atoms with Gasteiger partial charge >= 0.3 is 0 Å². The van der Waals surface area contributed by atoms with E-state index in [0.29, 0.717) is 24.4 Å². The van der Waals surface area contributed by atoms with Crippen LogP contribution in [0.4, 0.5) is 0 Å². The fourth-order valence-electron chi connectivity index (χ4n) is 3.85. The van der Waals surface area contributed by atoms with Crippen molar-refractivity contribution in [2.24, 2.45) is 0 Å². The second-order valence-electron chi connectivity index (χ2n) is 7.09. The summed E-state index contributed by atoms with van der Waals surface area (Å²) in [6.45, 7) is 1.16. The number of amides is 1. The van der Waals surface area contributed by atoms with Gasteiger partial charge in [-0.2, -0.15) is 0 Å². The number of nitrogens with zero attached hydrogens (tertiary/aromatic N) is 1. The van der Waals surface area contributed by atoms with Gasteiger partial charge in [-0.25, -0.2) is 0 Å². The van der Waals surface area contributed by atoms with Crippen molar-refractivity contribution >= 4 is 21.8 Å². The molecular formula is C21H22BrNO3. The Morgan fingerprint density at radius 2 is 1.96 bits per heavy atom. The Kier molecular flexibility index (Phi) is 5.00. The lowest BCUT2D eigenvalue weighted by Gasteiger charge is -2.28. The molecule has 0 spiro atoms. The number of ether oxygens (including phenoxy) is 1. The fourth-order valence-corrected chi connectivity index (χ4v) is 4.29. The first-order valence-electron chi connectivity index (χ1n) is 9.12. The quantitative estimate of drug-likeness (QED) is 0.809. The van der Waals surface area contributed by atoms with Crippen LogP contribution in [0.3, 0.4) is 0 Å². The molecule has 0 aromatic heterocycles. The molecule has 2 aliphatic rings. The first-order chi connectivity index (χ1) is 12.6. The minimum Gasteiger partial charge on any atom is -0.487 e. The largest absolute Gasteiger partial charge is 0.487 e. The molecule has 4 nitrogen and oxygen atoms in total. The van der Waals surface area contributed by atoms with E-state index in [-0.39, 0.29) is 12.0 Å². The first kappa shape index (κ1) is 17.6. The molecule has 2 aromatic carbocycles. The van der Waals surface area contributed by atoms with Gasteiger partial charge in [-0.15, -0.1) is 0 Å². The number of carbonyl (C=O) groups is 1. The summed E-state index contributed by atoms with van der Waals surface area (Å²) in [5.74, 6) is 0.607. The molecule has 1 heterocycles. The zero-order chi connectivity index (χ0) is 18.1. The van der Waals surface area contributed by atoms with Crippen molar-refractivity contribution in [3.63, 3.8) is 0 Å². The van der Waals surface area contributed by atoms with Crippen LogP contribution in [0.25, 0.3) is 0 Å². The predicted octanol–water partition coefficient (Wildman–Crippen LogP) is 4.29. The fraction of sp³-hybridized carbons (Fsp3) is 0.381. The number of carbonyl (C=O) groups excluding carboxylic acids is 1. The highest BCUT2D eigenvalue weighted by molar-refractivity contribution is 9.10. The van der Waals surface area contributed by atoms with E-state index in [1.165, 1.54) is 0 Å². The third-order valence-electron chi connectivity index (χ3n) is 5.18. The first-order valence-corrected chi connectivity index (χ1v) is 9.91. The van der Waals surface area contributed by atoms with Crippen molar-refractivity contribution in [1.82, 2.24) is 4.90 Å². The minimum atomic E-state index is -0.450. The molecule has 2 atom stereocenters. The molecule has 26 heavy (non-hydrogen) atoms. The molecular weight excluding hydrogens is 394 g/mol. The Bertz CT molecular complexity index is 823. The summed E-state index contributed by atoms with van der Waals surface area (Å²) in [6, 6.07) is 13.8. The normalized spacial score (nSPS) is 22.4. The van der Waals surface area contributed by atoms with Crippen LogP contribution in [0.1, 0.15) is 47.2 Å². The summed E-state index contributed by atoms with van der Waals surface area (Å²) in [4.78, 5) is 14.8. The predicted molar refractivity (Wildman–Crippen MR) is 103 cm³/mol. The molecule has 0 saturated heterocycles. The molecule has 0 radical (unpaired) electrons. The van der Waals surface area contributed by atoms with Crippen molar-refractivity contribution in [2.75, 3.05) is 0 Å². The van der Waals surface area contributed by atoms with E-state index in [9.17, 15) is 9.90 Å². The molecule has 0 bridgehead atoms. The maximum Gasteiger partial charge on any atom is 0.258 e. The lowest BCUT2D eigenvalue weighted by molar-refractivity contribution is 0.00636. The van der Waals surface area contributed by atoms with Crippen LogP contribution < -0.4 is 4.74 Å². The zero-order valence-corrected chi connectivity index (χ0v) is 16.1. The van der Waals surface area contributed by atoms with Gasteiger partial charge in [-0.1, -0.05) is 46.6 Å². The average Bonchev–Trinajstić information content (AvgIpc) is 2.94. The highest BCUT2D eigenvalue weighted by Crippen LogP contribution is 2.34. The summed E-state index contributed by atoms with van der Waals surface area (Å²) < 4.78 is 7.10. The Hall–Kier alpha value is -1.85. The Balaban J connectivity index is 1.54. The van der Waals surface area contributed by atoms with Crippen LogP contribution in [-0.4, -0.2) is 28.1 Å². The number of benzene rings is 2. The number of halogens is 1. The highest BCUT2D eigenvalue weighted by atomic mass is 79.9. The SMILES string of the molecule is O=C1c2c(cccc2O[C@H]2CCCC[C@@H]2O)CN1Cc1cccc(Br)c1. The molecule has 4 rings (SSSR count). The molecule has 136 valence electrons. The van der Waals surface area contributed by atoms with Crippen LogP contribution in [-0.2, 0) is 13.1 Å². The molecule has 5 heteroatoms. The number of aliphatic hydroxyl groups excluding tert-OH is 1. The van der Waals surface area contributed by atoms with Crippen molar-refractivity contribution in [1.29, 1.82) is 0 Å². The standard InChI is InChI=1S/C21H22BrNO3/c22-16-7-3-5-14(11-16)12-23-13-15-6-4-10-19(20(15)21(23)25)26-18-9-2-1-8-17(18)24/h3-7,10-11,17-18,24H,1-2,8-9,12-13H2/t17-,18-/m0/s1. The van der Waals surface area contributed by atoms with Gasteiger partial charge in [0.25, 0.3) is 5.91 Å². The molecule has 1 amide bonds. The maximum atomic E-state index is 13.0. The van der Waals surface area contributed by atoms with E-state index in [4.69, 9.17) is 4.74 Å². The van der Waals surface area contributed by atoms with Crippen LogP contribution in [0.5, 0.6) is 5.75 Å². The van der Waals surface area contributed by atoms with Gasteiger partial charge in [-0.3, -0.25) is 4.79 Å². The summed E-state index contributed by atoms with van der Waals surface area (Å²) >= 11 is 3.48. The van der Waals surface area contributed by atoms with Gasteiger partial charge in [0.05, 0.1) is 11.7 Å². The number of aliphatic hydroxyl groups is 1. The number of fused-ring (bicyclic) bond motifs is 1. The second kappa shape index (κ2) is 7.41. The van der Waals surface area contributed by atoms with Crippen molar-refractivity contribution in [2.45, 2.75) is 51.0 Å². The van der Waals surface area contributed by atoms with Gasteiger partial charge in [0.15, 0.2) is 0 Å². The summed E-state index contributed by atoms with van der Waals surface area (Å²) in [7, 11) is 0. The molecule has 1 fully saturated rings. The molecule has 1 aliphatic heterocycles. The van der Waals surface area contributed by atoms with Gasteiger partial charge in [-0.05, 0) is 48.6 Å². The Morgan fingerprint density at radius 1 is 1.15 bits per heavy atom. The third-order valence-corrected chi connectivity index (χ3v) is 5.68. The lowest BCUT2D eigenvalue weighted by atomic mass is 9.94. The summed E-state index contributed by atoms with van der Waals surface area (Å²) in [5, 5.41) is 10.2. The van der Waals surface area contributed by atoms with E-state index in [2.05, 4.69) is 15.9 Å². The molecule has 1 N–H and O–H groups in total. The number of rotatable bonds is 4. The molecule has 0 unspecified atom stereocenters. The summed E-state index contributed by atoms with van der Waals surface area (Å²) in [5.41, 5.74) is 2.73. The monoisotopic (exact) mass is 415 g/mol. The van der Waals surface area contributed by atoms with E-state index in [0.717, 1.165) is 41.3 Å². The molecule has 1 saturated carbocycles. The topological polar surface area (TPSA) is 49.8 Å². The highest BCUT2D eigenvalue weighted by Gasteiger charge is 2.33. The molecule has 2 aromatic rings. The maximum absolute atomic E-state index is 13.0. The van der Waals surface area contributed by atoms with E-state index in [1.54, 1.807) is 0 Å². The van der Waals surface area contributed by atoms with E-state index < -0.39 is 6.10 Å². The van der Waals surface area contributed by atoms with Crippen LogP contribution in [0, 0.1) is 0 Å². The van der Waals surface area contributed by atoms with Crippen LogP contribution >= 0.6 is 15.9 Å². The number of hydrogen-bond acceptors (Lipinski definition) is 3. The van der Waals surface area contributed by atoms with Crippen LogP contribution in [0.15, 0.2) is 46.9 Å². The third kappa shape index (κ3) is 3.51. The second-order valence-corrected chi connectivity index (χ2v) is 8.01. The zero-order valence-electron chi connectivity index (χ0n) is 14.5. The molecule has 1 aliphatic carbocycles. The van der Waals surface area contributed by atoms with E-state index in [1.807, 2.05) is 47.4 Å². The lowest BCUT2D eigenvalue weighted by Crippen LogP contribution is -2.35. The van der Waals surface area contributed by atoms with Crippen LogP contribution in [0.2, 0.25) is 0 Å². The van der Waals surface area contributed by atoms with Gasteiger partial charge in [0, 0.05) is 17.6 Å². The van der Waals surface area contributed by atoms with Gasteiger partial charge in [0.1, 0.15) is 11.9 Å². The van der Waals surface area contributed by atoms with E-state index >= 15 is 0 Å². The van der Waals surface area contributed by atoms with Crippen molar-refractivity contribution in [3.05, 3.63) is 63.6 Å². The Labute approximate surface area is 161 Å². The number of hydrogen-bond donors (Lipinski definition) is 1. The van der Waals surface area contributed by atoms with Gasteiger partial charge < -0.3 is 14.7 Å². The van der Waals surface area contributed by atoms with Gasteiger partial charge in [0.2, 0.25) is 0 Å². The Morgan fingerprint density at radius 3 is 2.77 bits per heavy atom.